The molecule has 7 nitrogen and oxygen atoms in total. The molecule has 0 aliphatic rings. The molecule has 0 atom stereocenters. The van der Waals surface area contributed by atoms with Crippen LogP contribution in [0.15, 0.2) is 28.7 Å². The molecule has 2 aromatic rings. The van der Waals surface area contributed by atoms with Gasteiger partial charge in [0.25, 0.3) is 0 Å². The van der Waals surface area contributed by atoms with Crippen LogP contribution < -0.4 is 4.72 Å². The number of thiophene rings is 1. The number of hydrogen-bond donors (Lipinski definition) is 2. The summed E-state index contributed by atoms with van der Waals surface area (Å²) in [5.74, 6) is 0. The number of hydrogen-bond acceptors (Lipinski definition) is 6. The average molecular weight is 288 g/mol. The summed E-state index contributed by atoms with van der Waals surface area (Å²) in [4.78, 5) is 0.567. The minimum absolute atomic E-state index is 0.133. The molecule has 0 unspecified atom stereocenters. The molecule has 0 amide bonds. The van der Waals surface area contributed by atoms with Crippen molar-refractivity contribution in [2.45, 2.75) is 18.0 Å². The highest BCUT2D eigenvalue weighted by Gasteiger charge is 2.18. The molecule has 0 aliphatic heterocycles. The molecular formula is C9H12N4O3S2. The van der Waals surface area contributed by atoms with E-state index in [0.717, 1.165) is 0 Å². The van der Waals surface area contributed by atoms with Gasteiger partial charge in [0.1, 0.15) is 0 Å². The van der Waals surface area contributed by atoms with Gasteiger partial charge in [0.2, 0.25) is 10.0 Å². The van der Waals surface area contributed by atoms with E-state index in [4.69, 9.17) is 5.11 Å². The van der Waals surface area contributed by atoms with E-state index in [1.807, 2.05) is 0 Å². The van der Waals surface area contributed by atoms with Crippen LogP contribution in [0.25, 0.3) is 0 Å². The average Bonchev–Trinajstić information content (AvgIpc) is 2.99. The molecule has 98 valence electrons. The first-order chi connectivity index (χ1) is 8.63. The second kappa shape index (κ2) is 5.57. The molecule has 0 saturated heterocycles. The van der Waals surface area contributed by atoms with Crippen LogP contribution in [0.1, 0.15) is 4.88 Å². The molecule has 18 heavy (non-hydrogen) atoms. The Labute approximate surface area is 108 Å². The monoisotopic (exact) mass is 288 g/mol. The molecular weight excluding hydrogens is 276 g/mol. The summed E-state index contributed by atoms with van der Waals surface area (Å²) in [5.41, 5.74) is 0. The van der Waals surface area contributed by atoms with Gasteiger partial charge in [-0.1, -0.05) is 5.21 Å². The van der Waals surface area contributed by atoms with Crippen LogP contribution >= 0.6 is 11.3 Å². The Morgan fingerprint density at radius 1 is 1.50 bits per heavy atom. The predicted octanol–water partition coefficient (Wildman–Crippen LogP) is -0.190. The molecule has 0 spiro atoms. The lowest BCUT2D eigenvalue weighted by Gasteiger charge is -2.06. The van der Waals surface area contributed by atoms with Crippen molar-refractivity contribution < 1.29 is 13.5 Å². The summed E-state index contributed by atoms with van der Waals surface area (Å²) in [6.07, 6.45) is 3.18. The lowest BCUT2D eigenvalue weighted by molar-refractivity contribution is 0.282. The second-order valence-corrected chi connectivity index (χ2v) is 6.17. The smallest absolute Gasteiger partial charge is 0.241 e. The van der Waals surface area contributed by atoms with Crippen molar-refractivity contribution in [2.75, 3.05) is 6.54 Å². The Bertz CT molecular complexity index is 591. The molecule has 2 heterocycles. The third-order valence-corrected chi connectivity index (χ3v) is 4.82. The fraction of sp³-hybridized carbons (Fsp3) is 0.333. The lowest BCUT2D eigenvalue weighted by atomic mass is 10.5. The van der Waals surface area contributed by atoms with Crippen molar-refractivity contribution in [3.05, 3.63) is 28.7 Å². The van der Waals surface area contributed by atoms with Crippen LogP contribution in [0, 0.1) is 0 Å². The Kier molecular flexibility index (Phi) is 4.07. The highest BCUT2D eigenvalue weighted by atomic mass is 32.2. The van der Waals surface area contributed by atoms with Crippen molar-refractivity contribution >= 4 is 21.4 Å². The van der Waals surface area contributed by atoms with Crippen molar-refractivity contribution in [3.63, 3.8) is 0 Å². The molecule has 0 radical (unpaired) electrons. The van der Waals surface area contributed by atoms with E-state index in [0.29, 0.717) is 11.4 Å². The number of nitrogens with zero attached hydrogens (tertiary/aromatic N) is 3. The van der Waals surface area contributed by atoms with Gasteiger partial charge in [0.15, 0.2) is 0 Å². The summed E-state index contributed by atoms with van der Waals surface area (Å²) in [5, 5.41) is 18.0. The predicted molar refractivity (Wildman–Crippen MR) is 65.5 cm³/mol. The van der Waals surface area contributed by atoms with Crippen LogP contribution in [0.4, 0.5) is 0 Å². The Morgan fingerprint density at radius 3 is 3.00 bits per heavy atom. The van der Waals surface area contributed by atoms with Gasteiger partial charge in [0, 0.05) is 17.6 Å². The van der Waals surface area contributed by atoms with Gasteiger partial charge in [-0.05, 0) is 11.4 Å². The van der Waals surface area contributed by atoms with Gasteiger partial charge in [-0.2, -0.15) is 0 Å². The molecule has 0 bridgehead atoms. The summed E-state index contributed by atoms with van der Waals surface area (Å²) < 4.78 is 27.9. The molecule has 2 N–H and O–H groups in total. The maximum absolute atomic E-state index is 11.9. The summed E-state index contributed by atoms with van der Waals surface area (Å²) in [6.45, 7) is 0.335. The Hall–Kier alpha value is -1.29. The van der Waals surface area contributed by atoms with E-state index in [2.05, 4.69) is 15.0 Å². The molecule has 9 heteroatoms. The standard InChI is InChI=1S/C9H12N4O3S2/c14-7-8-9(1-6-17-8)18(15,16)11-3-5-13-4-2-10-12-13/h1-2,4,6,11,14H,3,5,7H2. The third-order valence-electron chi connectivity index (χ3n) is 2.24. The van der Waals surface area contributed by atoms with Gasteiger partial charge in [0.05, 0.1) is 24.2 Å². The first kappa shape index (κ1) is 13.1. The van der Waals surface area contributed by atoms with Crippen molar-refractivity contribution in [1.82, 2.24) is 19.7 Å². The van der Waals surface area contributed by atoms with E-state index in [1.54, 1.807) is 11.6 Å². The van der Waals surface area contributed by atoms with E-state index >= 15 is 0 Å². The first-order valence-electron chi connectivity index (χ1n) is 5.14. The zero-order chi connectivity index (χ0) is 13.0. The highest BCUT2D eigenvalue weighted by molar-refractivity contribution is 7.89. The number of sulfonamides is 1. The number of aromatic nitrogens is 3. The first-order valence-corrected chi connectivity index (χ1v) is 7.51. The van der Waals surface area contributed by atoms with Crippen LogP contribution in [0.2, 0.25) is 0 Å². The zero-order valence-electron chi connectivity index (χ0n) is 9.35. The Morgan fingerprint density at radius 2 is 2.33 bits per heavy atom. The van der Waals surface area contributed by atoms with Gasteiger partial charge >= 0.3 is 0 Å². The lowest BCUT2D eigenvalue weighted by Crippen LogP contribution is -2.28. The van der Waals surface area contributed by atoms with Gasteiger partial charge < -0.3 is 5.11 Å². The van der Waals surface area contributed by atoms with E-state index in [9.17, 15) is 8.42 Å². The Balaban J connectivity index is 1.99. The quantitative estimate of drug-likeness (QED) is 0.768. The third kappa shape index (κ3) is 2.93. The number of aliphatic hydroxyl groups is 1. The number of aliphatic hydroxyl groups excluding tert-OH is 1. The number of rotatable bonds is 6. The fourth-order valence-corrected chi connectivity index (χ4v) is 3.72. The number of nitrogens with one attached hydrogen (secondary N) is 1. The topological polar surface area (TPSA) is 97.1 Å². The fourth-order valence-electron chi connectivity index (χ4n) is 1.41. The molecule has 0 fully saturated rings. The van der Waals surface area contributed by atoms with Crippen LogP contribution in [0.3, 0.4) is 0 Å². The molecule has 0 aromatic carbocycles. The SMILES string of the molecule is O=S(=O)(NCCn1ccnn1)c1ccsc1CO. The minimum atomic E-state index is -3.57. The van der Waals surface area contributed by atoms with Crippen LogP contribution in [0.5, 0.6) is 0 Å². The van der Waals surface area contributed by atoms with Crippen molar-refractivity contribution in [1.29, 1.82) is 0 Å². The second-order valence-electron chi connectivity index (χ2n) is 3.43. The van der Waals surface area contributed by atoms with E-state index < -0.39 is 10.0 Å². The summed E-state index contributed by atoms with van der Waals surface area (Å²) in [6, 6.07) is 1.48. The van der Waals surface area contributed by atoms with Crippen LogP contribution in [-0.4, -0.2) is 35.1 Å². The minimum Gasteiger partial charge on any atom is -0.391 e. The van der Waals surface area contributed by atoms with Gasteiger partial charge in [-0.15, -0.1) is 16.4 Å². The van der Waals surface area contributed by atoms with E-state index in [-0.39, 0.29) is 18.0 Å². The van der Waals surface area contributed by atoms with Gasteiger partial charge in [-0.25, -0.2) is 13.1 Å². The zero-order valence-corrected chi connectivity index (χ0v) is 11.0. The normalized spacial score (nSPS) is 11.8. The van der Waals surface area contributed by atoms with Gasteiger partial charge in [-0.3, -0.25) is 4.68 Å². The maximum Gasteiger partial charge on any atom is 0.241 e. The molecule has 0 saturated carbocycles. The molecule has 0 aliphatic carbocycles. The molecule has 2 rings (SSSR count). The largest absolute Gasteiger partial charge is 0.391 e. The van der Waals surface area contributed by atoms with Crippen molar-refractivity contribution in [2.24, 2.45) is 0 Å². The van der Waals surface area contributed by atoms with E-state index in [1.165, 1.54) is 28.3 Å². The summed E-state index contributed by atoms with van der Waals surface area (Å²) in [7, 11) is -3.57. The van der Waals surface area contributed by atoms with Crippen LogP contribution in [-0.2, 0) is 23.2 Å². The molecule has 2 aromatic heterocycles. The summed E-state index contributed by atoms with van der Waals surface area (Å²) >= 11 is 1.21. The highest BCUT2D eigenvalue weighted by Crippen LogP contribution is 2.21. The van der Waals surface area contributed by atoms with Crippen molar-refractivity contribution in [3.8, 4) is 0 Å². The maximum atomic E-state index is 11.9.